The van der Waals surface area contributed by atoms with Crippen LogP contribution in [0, 0.1) is 5.82 Å². The van der Waals surface area contributed by atoms with Crippen molar-refractivity contribution in [2.75, 3.05) is 13.7 Å². The number of likely N-dealkylation sites (N-methyl/N-ethyl adjacent to an activating group) is 1. The van der Waals surface area contributed by atoms with E-state index in [1.54, 1.807) is 19.1 Å². The fraction of sp³-hybridized carbons (Fsp3) is 0.333. The Hall–Kier alpha value is -1.91. The Labute approximate surface area is 99.0 Å². The van der Waals surface area contributed by atoms with Crippen LogP contribution in [0.25, 0.3) is 0 Å². The fourth-order valence-electron chi connectivity index (χ4n) is 1.33. The number of hydrogen-bond donors (Lipinski definition) is 0. The highest BCUT2D eigenvalue weighted by molar-refractivity contribution is 6.32. The Bertz CT molecular complexity index is 420. The van der Waals surface area contributed by atoms with E-state index in [2.05, 4.69) is 4.74 Å². The topological polar surface area (TPSA) is 46.6 Å². The summed E-state index contributed by atoms with van der Waals surface area (Å²) in [5.41, 5.74) is 0.616. The van der Waals surface area contributed by atoms with Crippen LogP contribution in [0.2, 0.25) is 0 Å². The first kappa shape index (κ1) is 13.2. The van der Waals surface area contributed by atoms with Crippen molar-refractivity contribution in [2.24, 2.45) is 0 Å². The number of benzene rings is 1. The standard InChI is InChI=1S/C12H14FNO3/c1-3-17-12(16)11(15)14(2)8-9-5-4-6-10(13)7-9/h4-7H,3,8H2,1-2H3. The van der Waals surface area contributed by atoms with Crippen molar-refractivity contribution in [1.82, 2.24) is 4.90 Å². The molecule has 1 amide bonds. The predicted molar refractivity (Wildman–Crippen MR) is 59.5 cm³/mol. The molecule has 0 aliphatic rings. The van der Waals surface area contributed by atoms with Crippen LogP contribution in [-0.4, -0.2) is 30.4 Å². The second-order valence-electron chi connectivity index (χ2n) is 3.51. The maximum absolute atomic E-state index is 12.9. The van der Waals surface area contributed by atoms with Crippen LogP contribution in [0.1, 0.15) is 12.5 Å². The molecule has 92 valence electrons. The van der Waals surface area contributed by atoms with Crippen LogP contribution in [0.15, 0.2) is 24.3 Å². The van der Waals surface area contributed by atoms with E-state index in [1.807, 2.05) is 0 Å². The van der Waals surface area contributed by atoms with Gasteiger partial charge in [0, 0.05) is 13.6 Å². The molecule has 0 saturated heterocycles. The van der Waals surface area contributed by atoms with Crippen molar-refractivity contribution in [3.8, 4) is 0 Å². The Kier molecular flexibility index (Phi) is 4.63. The van der Waals surface area contributed by atoms with Crippen molar-refractivity contribution in [1.29, 1.82) is 0 Å². The highest BCUT2D eigenvalue weighted by Gasteiger charge is 2.19. The minimum absolute atomic E-state index is 0.151. The van der Waals surface area contributed by atoms with Crippen LogP contribution < -0.4 is 0 Å². The monoisotopic (exact) mass is 239 g/mol. The lowest BCUT2D eigenvalue weighted by Crippen LogP contribution is -2.34. The van der Waals surface area contributed by atoms with E-state index in [-0.39, 0.29) is 19.0 Å². The molecule has 0 bridgehead atoms. The lowest BCUT2D eigenvalue weighted by molar-refractivity contribution is -0.159. The molecule has 0 N–H and O–H groups in total. The first-order valence-corrected chi connectivity index (χ1v) is 5.21. The Morgan fingerprint density at radius 3 is 2.71 bits per heavy atom. The maximum atomic E-state index is 12.9. The Morgan fingerprint density at radius 1 is 1.41 bits per heavy atom. The van der Waals surface area contributed by atoms with E-state index < -0.39 is 11.9 Å². The number of carbonyl (C=O) groups excluding carboxylic acids is 2. The fourth-order valence-corrected chi connectivity index (χ4v) is 1.33. The number of nitrogens with zero attached hydrogens (tertiary/aromatic N) is 1. The molecule has 0 radical (unpaired) electrons. The zero-order valence-electron chi connectivity index (χ0n) is 9.77. The van der Waals surface area contributed by atoms with E-state index in [4.69, 9.17) is 0 Å². The predicted octanol–water partition coefficient (Wildman–Crippen LogP) is 1.35. The molecular weight excluding hydrogens is 225 g/mol. The molecule has 0 aliphatic carbocycles. The van der Waals surface area contributed by atoms with Gasteiger partial charge < -0.3 is 9.64 Å². The normalized spacial score (nSPS) is 9.82. The third-order valence-corrected chi connectivity index (χ3v) is 2.11. The number of esters is 1. The molecule has 1 aromatic carbocycles. The minimum Gasteiger partial charge on any atom is -0.459 e. The molecule has 0 spiro atoms. The number of hydrogen-bond acceptors (Lipinski definition) is 3. The summed E-state index contributed by atoms with van der Waals surface area (Å²) >= 11 is 0. The van der Waals surface area contributed by atoms with Gasteiger partial charge in [-0.1, -0.05) is 12.1 Å². The Balaban J connectivity index is 2.63. The smallest absolute Gasteiger partial charge is 0.397 e. The molecule has 17 heavy (non-hydrogen) atoms. The van der Waals surface area contributed by atoms with E-state index in [9.17, 15) is 14.0 Å². The van der Waals surface area contributed by atoms with E-state index in [0.717, 1.165) is 0 Å². The number of halogens is 1. The molecule has 5 heteroatoms. The van der Waals surface area contributed by atoms with Crippen molar-refractivity contribution >= 4 is 11.9 Å². The summed E-state index contributed by atoms with van der Waals surface area (Å²) < 4.78 is 17.5. The summed E-state index contributed by atoms with van der Waals surface area (Å²) in [5, 5.41) is 0. The highest BCUT2D eigenvalue weighted by Crippen LogP contribution is 2.06. The second kappa shape index (κ2) is 5.98. The zero-order valence-corrected chi connectivity index (χ0v) is 9.77. The summed E-state index contributed by atoms with van der Waals surface area (Å²) in [6.07, 6.45) is 0. The lowest BCUT2D eigenvalue weighted by atomic mass is 10.2. The number of rotatable bonds is 3. The van der Waals surface area contributed by atoms with Crippen LogP contribution in [0.4, 0.5) is 4.39 Å². The van der Waals surface area contributed by atoms with Gasteiger partial charge >= 0.3 is 11.9 Å². The van der Waals surface area contributed by atoms with Crippen LogP contribution >= 0.6 is 0 Å². The van der Waals surface area contributed by atoms with Crippen LogP contribution in [0.3, 0.4) is 0 Å². The molecule has 0 saturated carbocycles. The molecule has 0 heterocycles. The van der Waals surface area contributed by atoms with E-state index in [0.29, 0.717) is 5.56 Å². The van der Waals surface area contributed by atoms with Gasteiger partial charge in [-0.25, -0.2) is 9.18 Å². The molecule has 1 aromatic rings. The number of amides is 1. The molecule has 0 unspecified atom stereocenters. The first-order chi connectivity index (χ1) is 8.04. The second-order valence-corrected chi connectivity index (χ2v) is 3.51. The number of carbonyl (C=O) groups is 2. The van der Waals surface area contributed by atoms with E-state index in [1.165, 1.54) is 24.1 Å². The third-order valence-electron chi connectivity index (χ3n) is 2.11. The maximum Gasteiger partial charge on any atom is 0.397 e. The largest absolute Gasteiger partial charge is 0.459 e. The van der Waals surface area contributed by atoms with Crippen molar-refractivity contribution in [3.05, 3.63) is 35.6 Å². The zero-order chi connectivity index (χ0) is 12.8. The minimum atomic E-state index is -0.897. The molecule has 0 aromatic heterocycles. The third kappa shape index (κ3) is 3.86. The average Bonchev–Trinajstić information content (AvgIpc) is 2.28. The molecular formula is C12H14FNO3. The van der Waals surface area contributed by atoms with E-state index >= 15 is 0 Å². The SMILES string of the molecule is CCOC(=O)C(=O)N(C)Cc1cccc(F)c1. The summed E-state index contributed by atoms with van der Waals surface area (Å²) in [5.74, 6) is -2.01. The lowest BCUT2D eigenvalue weighted by Gasteiger charge is -2.15. The van der Waals surface area contributed by atoms with Gasteiger partial charge in [0.15, 0.2) is 0 Å². The Morgan fingerprint density at radius 2 is 2.12 bits per heavy atom. The summed E-state index contributed by atoms with van der Waals surface area (Å²) in [7, 11) is 1.46. The van der Waals surface area contributed by atoms with Gasteiger partial charge in [-0.3, -0.25) is 4.79 Å². The van der Waals surface area contributed by atoms with Crippen molar-refractivity contribution in [2.45, 2.75) is 13.5 Å². The summed E-state index contributed by atoms with van der Waals surface area (Å²) in [6, 6.07) is 5.86. The quantitative estimate of drug-likeness (QED) is 0.591. The average molecular weight is 239 g/mol. The molecule has 4 nitrogen and oxygen atoms in total. The van der Waals surface area contributed by atoms with Crippen molar-refractivity contribution < 1.29 is 18.7 Å². The highest BCUT2D eigenvalue weighted by atomic mass is 19.1. The van der Waals surface area contributed by atoms with Gasteiger partial charge in [0.1, 0.15) is 5.82 Å². The summed E-state index contributed by atoms with van der Waals surface area (Å²) in [6.45, 7) is 1.94. The molecule has 1 rings (SSSR count). The van der Waals surface area contributed by atoms with Gasteiger partial charge in [-0.05, 0) is 24.6 Å². The molecule has 0 atom stereocenters. The van der Waals surface area contributed by atoms with Gasteiger partial charge in [0.2, 0.25) is 0 Å². The molecule has 0 fully saturated rings. The summed E-state index contributed by atoms with van der Waals surface area (Å²) in [4.78, 5) is 23.8. The number of ether oxygens (including phenoxy) is 1. The van der Waals surface area contributed by atoms with Gasteiger partial charge in [-0.2, -0.15) is 0 Å². The molecule has 0 aliphatic heterocycles. The van der Waals surface area contributed by atoms with Gasteiger partial charge in [-0.15, -0.1) is 0 Å². The first-order valence-electron chi connectivity index (χ1n) is 5.21. The van der Waals surface area contributed by atoms with Gasteiger partial charge in [0.25, 0.3) is 0 Å². The van der Waals surface area contributed by atoms with Crippen LogP contribution in [0.5, 0.6) is 0 Å². The van der Waals surface area contributed by atoms with Gasteiger partial charge in [0.05, 0.1) is 6.61 Å². The van der Waals surface area contributed by atoms with Crippen LogP contribution in [-0.2, 0) is 20.9 Å². The van der Waals surface area contributed by atoms with Crippen molar-refractivity contribution in [3.63, 3.8) is 0 Å².